The molecule has 6 heteroatoms. The van der Waals surface area contributed by atoms with Crippen molar-refractivity contribution in [2.45, 2.75) is 25.7 Å². The van der Waals surface area contributed by atoms with E-state index in [1.54, 1.807) is 6.20 Å². The highest BCUT2D eigenvalue weighted by atomic mass is 16.5. The Kier molecular flexibility index (Phi) is 6.57. The first-order valence-corrected chi connectivity index (χ1v) is 10.4. The van der Waals surface area contributed by atoms with Crippen LogP contribution in [0.15, 0.2) is 73.1 Å². The summed E-state index contributed by atoms with van der Waals surface area (Å²) >= 11 is 0. The maximum absolute atomic E-state index is 11.2. The molecular formula is C25H25N3O3. The molecule has 0 saturated heterocycles. The van der Waals surface area contributed by atoms with Crippen LogP contribution in [0.3, 0.4) is 0 Å². The quantitative estimate of drug-likeness (QED) is 0.278. The monoisotopic (exact) mass is 415 g/mol. The number of fused-ring (bicyclic) bond motifs is 1. The fourth-order valence-electron chi connectivity index (χ4n) is 3.52. The first-order valence-electron chi connectivity index (χ1n) is 10.4. The number of unbranched alkanes of at least 4 members (excludes halogenated alkanes) is 2. The molecule has 0 aliphatic heterocycles. The van der Waals surface area contributed by atoms with Crippen molar-refractivity contribution in [3.05, 3.63) is 73.1 Å². The Bertz CT molecular complexity index is 1140. The lowest BCUT2D eigenvalue weighted by atomic mass is 10.2. The van der Waals surface area contributed by atoms with Crippen LogP contribution < -0.4 is 4.74 Å². The van der Waals surface area contributed by atoms with Gasteiger partial charge < -0.3 is 9.47 Å². The zero-order chi connectivity index (χ0) is 21.5. The van der Waals surface area contributed by atoms with E-state index in [-0.39, 0.29) is 5.97 Å². The van der Waals surface area contributed by atoms with Gasteiger partial charge in [-0.2, -0.15) is 0 Å². The molecule has 0 aliphatic carbocycles. The number of esters is 1. The van der Waals surface area contributed by atoms with Gasteiger partial charge >= 0.3 is 5.97 Å². The largest absolute Gasteiger partial charge is 0.494 e. The van der Waals surface area contributed by atoms with Crippen LogP contribution in [0.4, 0.5) is 0 Å². The predicted octanol–water partition coefficient (Wildman–Crippen LogP) is 5.20. The van der Waals surface area contributed by atoms with Crippen molar-refractivity contribution in [2.24, 2.45) is 0 Å². The molecule has 0 unspecified atom stereocenters. The van der Waals surface area contributed by atoms with Crippen LogP contribution >= 0.6 is 0 Å². The Morgan fingerprint density at radius 3 is 2.65 bits per heavy atom. The van der Waals surface area contributed by atoms with Crippen LogP contribution in [-0.4, -0.2) is 34.2 Å². The van der Waals surface area contributed by atoms with Gasteiger partial charge in [0.05, 0.1) is 36.6 Å². The van der Waals surface area contributed by atoms with Crippen molar-refractivity contribution >= 4 is 17.0 Å². The summed E-state index contributed by atoms with van der Waals surface area (Å²) in [6.07, 6.45) is 6.68. The van der Waals surface area contributed by atoms with Crippen LogP contribution in [0.2, 0.25) is 0 Å². The van der Waals surface area contributed by atoms with Gasteiger partial charge in [0, 0.05) is 24.2 Å². The summed E-state index contributed by atoms with van der Waals surface area (Å²) in [6, 6.07) is 20.1. The van der Waals surface area contributed by atoms with Crippen molar-refractivity contribution in [1.82, 2.24) is 14.5 Å². The number of ether oxygens (including phenoxy) is 2. The number of hydrogen-bond acceptors (Lipinski definition) is 5. The normalized spacial score (nSPS) is 10.9. The predicted molar refractivity (Wildman–Crippen MR) is 120 cm³/mol. The molecule has 158 valence electrons. The molecule has 0 spiro atoms. The number of benzene rings is 2. The summed E-state index contributed by atoms with van der Waals surface area (Å²) in [5.41, 5.74) is 3.86. The summed E-state index contributed by atoms with van der Waals surface area (Å²) in [6.45, 7) is 0.599. The summed E-state index contributed by atoms with van der Waals surface area (Å²) in [5.74, 6) is 1.49. The lowest BCUT2D eigenvalue weighted by molar-refractivity contribution is -0.140. The zero-order valence-corrected chi connectivity index (χ0v) is 17.5. The number of pyridine rings is 1. The van der Waals surface area contributed by atoms with Crippen LogP contribution in [0.25, 0.3) is 28.1 Å². The Balaban J connectivity index is 1.54. The van der Waals surface area contributed by atoms with Crippen LogP contribution in [-0.2, 0) is 9.53 Å². The topological polar surface area (TPSA) is 66.2 Å². The summed E-state index contributed by atoms with van der Waals surface area (Å²) in [7, 11) is 1.42. The lowest BCUT2D eigenvalue weighted by Gasteiger charge is -2.09. The van der Waals surface area contributed by atoms with Crippen LogP contribution in [0.1, 0.15) is 25.7 Å². The zero-order valence-electron chi connectivity index (χ0n) is 17.5. The molecule has 0 N–H and O–H groups in total. The highest BCUT2D eigenvalue weighted by Crippen LogP contribution is 2.30. The summed E-state index contributed by atoms with van der Waals surface area (Å²) in [5, 5.41) is 0. The maximum Gasteiger partial charge on any atom is 0.305 e. The SMILES string of the molecule is COC(=O)CCCCCOc1ccc2c(c1)nc(-c1ccccc1)n2-c1cccnc1. The van der Waals surface area contributed by atoms with Crippen molar-refractivity contribution in [3.8, 4) is 22.8 Å². The molecule has 0 radical (unpaired) electrons. The number of hydrogen-bond donors (Lipinski definition) is 0. The maximum atomic E-state index is 11.2. The number of methoxy groups -OCH3 is 1. The van der Waals surface area contributed by atoms with Crippen molar-refractivity contribution in [2.75, 3.05) is 13.7 Å². The molecule has 4 rings (SSSR count). The minimum absolute atomic E-state index is 0.162. The molecule has 2 heterocycles. The van der Waals surface area contributed by atoms with Crippen LogP contribution in [0, 0.1) is 0 Å². The molecule has 0 fully saturated rings. The van der Waals surface area contributed by atoms with E-state index in [9.17, 15) is 4.79 Å². The molecule has 0 amide bonds. The molecule has 2 aromatic carbocycles. The molecule has 31 heavy (non-hydrogen) atoms. The van der Waals surface area contributed by atoms with Crippen LogP contribution in [0.5, 0.6) is 5.75 Å². The number of carbonyl (C=O) groups is 1. The number of nitrogens with zero attached hydrogens (tertiary/aromatic N) is 3. The van der Waals surface area contributed by atoms with E-state index in [4.69, 9.17) is 9.72 Å². The second-order valence-corrected chi connectivity index (χ2v) is 7.23. The first-order chi connectivity index (χ1) is 15.3. The van der Waals surface area contributed by atoms with Crippen molar-refractivity contribution < 1.29 is 14.3 Å². The number of aromatic nitrogens is 3. The standard InChI is InChI=1S/C25H25N3O3/c1-30-24(29)12-6-3-7-16-31-21-13-14-23-22(17-21)27-25(19-9-4-2-5-10-19)28(23)20-11-8-15-26-18-20/h2,4-5,8-11,13-15,17-18H,3,6-7,12,16H2,1H3. The third-order valence-electron chi connectivity index (χ3n) is 5.08. The molecular weight excluding hydrogens is 390 g/mol. The Morgan fingerprint density at radius 2 is 1.87 bits per heavy atom. The van der Waals surface area contributed by atoms with Gasteiger partial charge in [0.2, 0.25) is 0 Å². The molecule has 0 bridgehead atoms. The second kappa shape index (κ2) is 9.89. The van der Waals surface area contributed by atoms with E-state index in [0.717, 1.165) is 53.1 Å². The van der Waals surface area contributed by atoms with Gasteiger partial charge in [-0.15, -0.1) is 0 Å². The number of carbonyl (C=O) groups excluding carboxylic acids is 1. The minimum Gasteiger partial charge on any atom is -0.494 e. The molecule has 2 aromatic heterocycles. The van der Waals surface area contributed by atoms with Gasteiger partial charge in [0.25, 0.3) is 0 Å². The minimum atomic E-state index is -0.162. The van der Waals surface area contributed by atoms with E-state index in [1.165, 1.54) is 7.11 Å². The van der Waals surface area contributed by atoms with Crippen molar-refractivity contribution in [3.63, 3.8) is 0 Å². The molecule has 4 aromatic rings. The van der Waals surface area contributed by atoms with E-state index in [2.05, 4.69) is 26.4 Å². The Labute approximate surface area is 181 Å². The third kappa shape index (κ3) is 4.91. The molecule has 0 saturated carbocycles. The van der Waals surface area contributed by atoms with Gasteiger partial charge in [-0.25, -0.2) is 4.98 Å². The smallest absolute Gasteiger partial charge is 0.305 e. The molecule has 0 aliphatic rings. The van der Waals surface area contributed by atoms with E-state index in [1.807, 2.05) is 54.7 Å². The highest BCUT2D eigenvalue weighted by molar-refractivity contribution is 5.84. The molecule has 6 nitrogen and oxygen atoms in total. The molecule has 0 atom stereocenters. The fraction of sp³-hybridized carbons (Fsp3) is 0.240. The number of imidazole rings is 1. The number of rotatable bonds is 9. The highest BCUT2D eigenvalue weighted by Gasteiger charge is 2.15. The van der Waals surface area contributed by atoms with Crippen molar-refractivity contribution in [1.29, 1.82) is 0 Å². The van der Waals surface area contributed by atoms with E-state index >= 15 is 0 Å². The summed E-state index contributed by atoms with van der Waals surface area (Å²) in [4.78, 5) is 20.3. The third-order valence-corrected chi connectivity index (χ3v) is 5.08. The fourth-order valence-corrected chi connectivity index (χ4v) is 3.52. The van der Waals surface area contributed by atoms with Gasteiger partial charge in [0.15, 0.2) is 0 Å². The van der Waals surface area contributed by atoms with E-state index in [0.29, 0.717) is 13.0 Å². The Morgan fingerprint density at radius 1 is 1.00 bits per heavy atom. The second-order valence-electron chi connectivity index (χ2n) is 7.23. The lowest BCUT2D eigenvalue weighted by Crippen LogP contribution is -2.01. The Hall–Kier alpha value is -3.67. The average Bonchev–Trinajstić information content (AvgIpc) is 3.21. The van der Waals surface area contributed by atoms with Gasteiger partial charge in [-0.1, -0.05) is 30.3 Å². The van der Waals surface area contributed by atoms with E-state index < -0.39 is 0 Å². The van der Waals surface area contributed by atoms with Gasteiger partial charge in [-0.05, 0) is 43.5 Å². The average molecular weight is 415 g/mol. The summed E-state index contributed by atoms with van der Waals surface area (Å²) < 4.78 is 12.7. The van der Waals surface area contributed by atoms with Gasteiger partial charge in [0.1, 0.15) is 11.6 Å². The first kappa shape index (κ1) is 20.6. The van der Waals surface area contributed by atoms with Gasteiger partial charge in [-0.3, -0.25) is 14.3 Å².